The molecule has 3 heteroatoms. The van der Waals surface area contributed by atoms with Crippen LogP contribution in [0.2, 0.25) is 5.02 Å². The molecule has 0 bridgehead atoms. The average molecular weight is 295 g/mol. The zero-order valence-corrected chi connectivity index (χ0v) is 13.8. The lowest BCUT2D eigenvalue weighted by atomic mass is 9.91. The van der Waals surface area contributed by atoms with Crippen LogP contribution in [-0.4, -0.2) is 25.2 Å². The van der Waals surface area contributed by atoms with E-state index < -0.39 is 0 Å². The fourth-order valence-corrected chi connectivity index (χ4v) is 3.26. The summed E-state index contributed by atoms with van der Waals surface area (Å²) < 4.78 is 0. The summed E-state index contributed by atoms with van der Waals surface area (Å²) in [6, 6.07) is 9.29. The zero-order valence-electron chi connectivity index (χ0n) is 13.1. The van der Waals surface area contributed by atoms with Crippen LogP contribution in [0.1, 0.15) is 34.1 Å². The number of nitrogens with one attached hydrogen (secondary N) is 1. The van der Waals surface area contributed by atoms with Crippen molar-refractivity contribution >= 4 is 17.3 Å². The van der Waals surface area contributed by atoms with Crippen molar-refractivity contribution in [3.05, 3.63) is 29.3 Å². The van der Waals surface area contributed by atoms with Crippen LogP contribution < -0.4 is 10.2 Å². The first-order chi connectivity index (χ1) is 9.54. The predicted octanol–water partition coefficient (Wildman–Crippen LogP) is 4.19. The molecule has 1 aliphatic rings. The molecule has 0 radical (unpaired) electrons. The van der Waals surface area contributed by atoms with Crippen molar-refractivity contribution < 1.29 is 0 Å². The Hall–Kier alpha value is -0.730. The minimum absolute atomic E-state index is 0.509. The van der Waals surface area contributed by atoms with Crippen molar-refractivity contribution in [2.75, 3.05) is 18.0 Å². The first-order valence-corrected chi connectivity index (χ1v) is 8.17. The summed E-state index contributed by atoms with van der Waals surface area (Å²) in [5.74, 6) is 1.30. The van der Waals surface area contributed by atoms with Crippen LogP contribution in [0.4, 0.5) is 5.69 Å². The number of halogens is 1. The highest BCUT2D eigenvalue weighted by Crippen LogP contribution is 2.31. The Labute approximate surface area is 128 Å². The summed E-state index contributed by atoms with van der Waals surface area (Å²) in [6.07, 6.45) is 1.21. The molecule has 3 unspecified atom stereocenters. The van der Waals surface area contributed by atoms with Gasteiger partial charge in [0.1, 0.15) is 0 Å². The van der Waals surface area contributed by atoms with Gasteiger partial charge in [-0.3, -0.25) is 0 Å². The molecule has 3 atom stereocenters. The fourth-order valence-electron chi connectivity index (χ4n) is 3.02. The minimum atomic E-state index is 0.509. The van der Waals surface area contributed by atoms with Gasteiger partial charge in [0.15, 0.2) is 0 Å². The molecule has 1 aliphatic heterocycles. The van der Waals surface area contributed by atoms with E-state index in [0.29, 0.717) is 23.9 Å². The maximum Gasteiger partial charge on any atom is 0.0639 e. The second kappa shape index (κ2) is 6.82. The van der Waals surface area contributed by atoms with Gasteiger partial charge < -0.3 is 10.2 Å². The lowest BCUT2D eigenvalue weighted by Crippen LogP contribution is -2.60. The van der Waals surface area contributed by atoms with Gasteiger partial charge in [-0.2, -0.15) is 0 Å². The highest BCUT2D eigenvalue weighted by atomic mass is 35.5. The number of benzene rings is 1. The Kier molecular flexibility index (Phi) is 5.34. The summed E-state index contributed by atoms with van der Waals surface area (Å²) in [5, 5.41) is 4.60. The number of para-hydroxylation sites is 1. The van der Waals surface area contributed by atoms with Crippen molar-refractivity contribution in [2.24, 2.45) is 11.8 Å². The van der Waals surface area contributed by atoms with Crippen LogP contribution in [0.3, 0.4) is 0 Å². The van der Waals surface area contributed by atoms with E-state index in [1.165, 1.54) is 12.1 Å². The Balaban J connectivity index is 2.26. The molecule has 0 spiro atoms. The lowest BCUT2D eigenvalue weighted by molar-refractivity contribution is 0.281. The van der Waals surface area contributed by atoms with Gasteiger partial charge in [-0.25, -0.2) is 0 Å². The van der Waals surface area contributed by atoms with Gasteiger partial charge in [0, 0.05) is 25.2 Å². The molecule has 1 heterocycles. The van der Waals surface area contributed by atoms with Crippen LogP contribution in [0.25, 0.3) is 0 Å². The maximum atomic E-state index is 6.43. The molecular formula is C17H27ClN2. The van der Waals surface area contributed by atoms with E-state index in [0.717, 1.165) is 18.1 Å². The van der Waals surface area contributed by atoms with E-state index in [1.807, 2.05) is 12.1 Å². The smallest absolute Gasteiger partial charge is 0.0639 e. The van der Waals surface area contributed by atoms with Crippen LogP contribution in [0, 0.1) is 11.8 Å². The second-order valence-corrected chi connectivity index (χ2v) is 6.72. The van der Waals surface area contributed by atoms with Crippen LogP contribution in [0.15, 0.2) is 24.3 Å². The molecule has 0 amide bonds. The van der Waals surface area contributed by atoms with E-state index in [4.69, 9.17) is 11.6 Å². The van der Waals surface area contributed by atoms with Gasteiger partial charge in [-0.1, -0.05) is 57.8 Å². The monoisotopic (exact) mass is 294 g/mol. The van der Waals surface area contributed by atoms with Gasteiger partial charge in [-0.05, 0) is 24.0 Å². The SMILES string of the molecule is CCC(C)C1CN(c2ccccc2Cl)C(C(C)C)CN1. The highest BCUT2D eigenvalue weighted by Gasteiger charge is 2.32. The summed E-state index contributed by atoms with van der Waals surface area (Å²) in [6.45, 7) is 11.3. The number of nitrogens with zero attached hydrogens (tertiary/aromatic N) is 1. The van der Waals surface area contributed by atoms with Crippen LogP contribution in [0.5, 0.6) is 0 Å². The molecule has 1 aromatic rings. The number of piperazine rings is 1. The van der Waals surface area contributed by atoms with E-state index in [9.17, 15) is 0 Å². The molecule has 20 heavy (non-hydrogen) atoms. The highest BCUT2D eigenvalue weighted by molar-refractivity contribution is 6.33. The lowest BCUT2D eigenvalue weighted by Gasteiger charge is -2.45. The maximum absolute atomic E-state index is 6.43. The largest absolute Gasteiger partial charge is 0.364 e. The first kappa shape index (κ1) is 15.7. The number of hydrogen-bond donors (Lipinski definition) is 1. The Morgan fingerprint density at radius 2 is 2.00 bits per heavy atom. The summed E-state index contributed by atoms with van der Waals surface area (Å²) in [4.78, 5) is 2.51. The third-order valence-corrected chi connectivity index (χ3v) is 4.96. The molecule has 0 aliphatic carbocycles. The van der Waals surface area contributed by atoms with Gasteiger partial charge in [0.2, 0.25) is 0 Å². The van der Waals surface area contributed by atoms with Crippen molar-refractivity contribution in [1.82, 2.24) is 5.32 Å². The first-order valence-electron chi connectivity index (χ1n) is 7.79. The van der Waals surface area contributed by atoms with E-state index in [-0.39, 0.29) is 0 Å². The van der Waals surface area contributed by atoms with Gasteiger partial charge >= 0.3 is 0 Å². The quantitative estimate of drug-likeness (QED) is 0.896. The topological polar surface area (TPSA) is 15.3 Å². The summed E-state index contributed by atoms with van der Waals surface area (Å²) >= 11 is 6.43. The molecule has 1 fully saturated rings. The van der Waals surface area contributed by atoms with Crippen molar-refractivity contribution in [2.45, 2.75) is 46.2 Å². The third-order valence-electron chi connectivity index (χ3n) is 4.65. The molecule has 1 N–H and O–H groups in total. The minimum Gasteiger partial charge on any atom is -0.364 e. The van der Waals surface area contributed by atoms with Gasteiger partial charge in [-0.15, -0.1) is 0 Å². The van der Waals surface area contributed by atoms with Crippen LogP contribution in [-0.2, 0) is 0 Å². The predicted molar refractivity (Wildman–Crippen MR) is 88.7 cm³/mol. The third kappa shape index (κ3) is 3.29. The Morgan fingerprint density at radius 3 is 2.60 bits per heavy atom. The van der Waals surface area contributed by atoms with E-state index in [1.54, 1.807) is 0 Å². The van der Waals surface area contributed by atoms with Crippen molar-refractivity contribution in [3.63, 3.8) is 0 Å². The second-order valence-electron chi connectivity index (χ2n) is 6.32. The van der Waals surface area contributed by atoms with Crippen molar-refractivity contribution in [3.8, 4) is 0 Å². The number of hydrogen-bond acceptors (Lipinski definition) is 2. The standard InChI is InChI=1S/C17H27ClN2/c1-5-13(4)15-11-20(17(10-19-15)12(2)3)16-9-7-6-8-14(16)18/h6-9,12-13,15,17,19H,5,10-11H2,1-4H3. The number of rotatable bonds is 4. The molecule has 0 saturated carbocycles. The molecule has 1 saturated heterocycles. The molecule has 0 aromatic heterocycles. The van der Waals surface area contributed by atoms with Gasteiger partial charge in [0.05, 0.1) is 10.7 Å². The summed E-state index contributed by atoms with van der Waals surface area (Å²) in [5.41, 5.74) is 1.18. The average Bonchev–Trinajstić information content (AvgIpc) is 2.46. The fraction of sp³-hybridized carbons (Fsp3) is 0.647. The number of anilines is 1. The summed E-state index contributed by atoms with van der Waals surface area (Å²) in [7, 11) is 0. The Morgan fingerprint density at radius 1 is 1.30 bits per heavy atom. The van der Waals surface area contributed by atoms with Gasteiger partial charge in [0.25, 0.3) is 0 Å². The molecule has 2 nitrogen and oxygen atoms in total. The Bertz CT molecular complexity index is 433. The molecular weight excluding hydrogens is 268 g/mol. The molecule has 112 valence electrons. The van der Waals surface area contributed by atoms with E-state index >= 15 is 0 Å². The van der Waals surface area contributed by atoms with Crippen LogP contribution >= 0.6 is 11.6 Å². The molecule has 2 rings (SSSR count). The van der Waals surface area contributed by atoms with Crippen molar-refractivity contribution in [1.29, 1.82) is 0 Å². The zero-order chi connectivity index (χ0) is 14.7. The molecule has 1 aromatic carbocycles. The normalized spacial score (nSPS) is 25.0. The van der Waals surface area contributed by atoms with E-state index in [2.05, 4.69) is 50.0 Å².